The van der Waals surface area contributed by atoms with Gasteiger partial charge in [0, 0.05) is 6.04 Å². The number of amides is 1. The lowest BCUT2D eigenvalue weighted by Crippen LogP contribution is -2.27. The Hall–Kier alpha value is -1.78. The predicted molar refractivity (Wildman–Crippen MR) is 77.5 cm³/mol. The minimum atomic E-state index is -0.504. The van der Waals surface area contributed by atoms with E-state index in [2.05, 4.69) is 29.5 Å². The summed E-state index contributed by atoms with van der Waals surface area (Å²) < 4.78 is 5.16. The molecule has 1 heterocycles. The topological polar surface area (TPSA) is 63.2 Å². The second kappa shape index (κ2) is 6.41. The lowest BCUT2D eigenvalue weighted by molar-refractivity contribution is 0.0636. The Morgan fingerprint density at radius 2 is 2.11 bits per heavy atom. The molecule has 0 aromatic carbocycles. The van der Waals surface area contributed by atoms with E-state index in [9.17, 15) is 4.79 Å². The van der Waals surface area contributed by atoms with Crippen LogP contribution in [0.3, 0.4) is 0 Å². The van der Waals surface area contributed by atoms with Gasteiger partial charge in [0.05, 0.1) is 11.9 Å². The van der Waals surface area contributed by atoms with Crippen molar-refractivity contribution < 1.29 is 9.53 Å². The molecule has 19 heavy (non-hydrogen) atoms. The maximum Gasteiger partial charge on any atom is 0.412 e. The van der Waals surface area contributed by atoms with E-state index in [1.807, 2.05) is 26.8 Å². The zero-order valence-electron chi connectivity index (χ0n) is 12.3. The van der Waals surface area contributed by atoms with E-state index < -0.39 is 11.7 Å². The van der Waals surface area contributed by atoms with E-state index in [0.717, 1.165) is 12.2 Å². The number of nitrogens with zero attached hydrogens (tertiary/aromatic N) is 1. The molecule has 106 valence electrons. The van der Waals surface area contributed by atoms with Crippen LogP contribution in [0.1, 0.15) is 41.0 Å². The average molecular weight is 265 g/mol. The summed E-state index contributed by atoms with van der Waals surface area (Å²) in [6, 6.07) is 4.00. The summed E-state index contributed by atoms with van der Waals surface area (Å²) in [5.41, 5.74) is 0.110. The number of ether oxygens (including phenoxy) is 1. The van der Waals surface area contributed by atoms with Crippen molar-refractivity contribution in [2.75, 3.05) is 10.6 Å². The number of anilines is 2. The molecule has 1 amide bonds. The highest BCUT2D eigenvalue weighted by molar-refractivity contribution is 5.84. The maximum absolute atomic E-state index is 11.6. The number of aromatic nitrogens is 1. The number of carbonyl (C=O) groups is 1. The van der Waals surface area contributed by atoms with E-state index in [1.165, 1.54) is 0 Å². The number of hydrogen-bond acceptors (Lipinski definition) is 4. The van der Waals surface area contributed by atoms with Gasteiger partial charge in [-0.2, -0.15) is 0 Å². The van der Waals surface area contributed by atoms with Gasteiger partial charge in [0.25, 0.3) is 0 Å². The van der Waals surface area contributed by atoms with Crippen molar-refractivity contribution in [2.24, 2.45) is 0 Å². The van der Waals surface area contributed by atoms with Crippen molar-refractivity contribution in [3.05, 3.63) is 18.3 Å². The molecule has 0 fully saturated rings. The maximum atomic E-state index is 11.6. The summed E-state index contributed by atoms with van der Waals surface area (Å²) in [6.07, 6.45) is 2.16. The van der Waals surface area contributed by atoms with Crippen LogP contribution in [-0.2, 0) is 4.74 Å². The summed E-state index contributed by atoms with van der Waals surface area (Å²) in [7, 11) is 0. The average Bonchev–Trinajstić information content (AvgIpc) is 2.29. The van der Waals surface area contributed by atoms with Gasteiger partial charge < -0.3 is 10.1 Å². The van der Waals surface area contributed by atoms with Gasteiger partial charge >= 0.3 is 6.09 Å². The predicted octanol–water partition coefficient (Wildman–Crippen LogP) is 3.64. The van der Waals surface area contributed by atoms with Gasteiger partial charge in [-0.1, -0.05) is 6.92 Å². The Labute approximate surface area is 114 Å². The Morgan fingerprint density at radius 1 is 1.42 bits per heavy atom. The largest absolute Gasteiger partial charge is 0.444 e. The van der Waals surface area contributed by atoms with Gasteiger partial charge in [0.1, 0.15) is 11.4 Å². The lowest BCUT2D eigenvalue weighted by atomic mass is 10.2. The Balaban J connectivity index is 2.55. The highest BCUT2D eigenvalue weighted by Crippen LogP contribution is 2.13. The van der Waals surface area contributed by atoms with Crippen molar-refractivity contribution in [1.82, 2.24) is 4.98 Å². The van der Waals surface area contributed by atoms with Gasteiger partial charge in [-0.05, 0) is 46.2 Å². The fourth-order valence-corrected chi connectivity index (χ4v) is 1.33. The molecule has 0 spiro atoms. The fraction of sp³-hybridized carbons (Fsp3) is 0.571. The third-order valence-electron chi connectivity index (χ3n) is 2.42. The molecule has 0 bridgehead atoms. The lowest BCUT2D eigenvalue weighted by Gasteiger charge is -2.19. The summed E-state index contributed by atoms with van der Waals surface area (Å²) in [4.78, 5) is 15.8. The molecule has 5 nitrogen and oxygen atoms in total. The number of rotatable bonds is 4. The smallest absolute Gasteiger partial charge is 0.412 e. The number of nitrogens with one attached hydrogen (secondary N) is 2. The minimum absolute atomic E-state index is 0.372. The number of hydrogen-bond donors (Lipinski definition) is 2. The molecule has 0 aliphatic heterocycles. The van der Waals surface area contributed by atoms with Gasteiger partial charge in [-0.15, -0.1) is 0 Å². The highest BCUT2D eigenvalue weighted by Gasteiger charge is 2.16. The van der Waals surface area contributed by atoms with Gasteiger partial charge in [0.15, 0.2) is 0 Å². The van der Waals surface area contributed by atoms with E-state index in [0.29, 0.717) is 11.7 Å². The Kier molecular flexibility index (Phi) is 5.15. The van der Waals surface area contributed by atoms with Crippen LogP contribution in [0.2, 0.25) is 0 Å². The molecular formula is C14H23N3O2. The third kappa shape index (κ3) is 6.08. The molecule has 1 aromatic rings. The van der Waals surface area contributed by atoms with Crippen molar-refractivity contribution in [3.63, 3.8) is 0 Å². The first-order valence-electron chi connectivity index (χ1n) is 6.52. The molecule has 0 saturated carbocycles. The zero-order chi connectivity index (χ0) is 14.5. The molecular weight excluding hydrogens is 242 g/mol. The number of pyridine rings is 1. The van der Waals surface area contributed by atoms with E-state index >= 15 is 0 Å². The van der Waals surface area contributed by atoms with Crippen LogP contribution in [-0.4, -0.2) is 22.7 Å². The summed E-state index contributed by atoms with van der Waals surface area (Å²) in [6.45, 7) is 9.67. The van der Waals surface area contributed by atoms with Crippen molar-refractivity contribution in [1.29, 1.82) is 0 Å². The van der Waals surface area contributed by atoms with Crippen LogP contribution in [0.5, 0.6) is 0 Å². The third-order valence-corrected chi connectivity index (χ3v) is 2.42. The van der Waals surface area contributed by atoms with Crippen LogP contribution in [0.25, 0.3) is 0 Å². The molecule has 1 atom stereocenters. The monoisotopic (exact) mass is 265 g/mol. The van der Waals surface area contributed by atoms with E-state index in [1.54, 1.807) is 12.3 Å². The van der Waals surface area contributed by atoms with Crippen LogP contribution in [0.15, 0.2) is 18.3 Å². The molecule has 1 rings (SSSR count). The highest BCUT2D eigenvalue weighted by atomic mass is 16.6. The van der Waals surface area contributed by atoms with Crippen molar-refractivity contribution in [3.8, 4) is 0 Å². The van der Waals surface area contributed by atoms with Gasteiger partial charge in [-0.3, -0.25) is 5.32 Å². The summed E-state index contributed by atoms with van der Waals surface area (Å²) >= 11 is 0. The van der Waals surface area contributed by atoms with E-state index in [-0.39, 0.29) is 0 Å². The first-order chi connectivity index (χ1) is 8.80. The molecule has 0 aliphatic carbocycles. The molecule has 0 radical (unpaired) electrons. The molecule has 0 saturated heterocycles. The van der Waals surface area contributed by atoms with Crippen molar-refractivity contribution in [2.45, 2.75) is 52.7 Å². The zero-order valence-corrected chi connectivity index (χ0v) is 12.3. The molecule has 0 aliphatic rings. The first-order valence-corrected chi connectivity index (χ1v) is 6.52. The standard InChI is InChI=1S/C14H23N3O2/c1-6-10(2)16-12-8-7-11(9-15-12)17-13(18)19-14(3,4)5/h7-10H,6H2,1-5H3,(H,15,16)(H,17,18). The van der Waals surface area contributed by atoms with Gasteiger partial charge in [0.2, 0.25) is 0 Å². The second-order valence-electron chi connectivity index (χ2n) is 5.51. The SMILES string of the molecule is CCC(C)Nc1ccc(NC(=O)OC(C)(C)C)cn1. The normalized spacial score (nSPS) is 12.7. The fourth-order valence-electron chi connectivity index (χ4n) is 1.33. The minimum Gasteiger partial charge on any atom is -0.444 e. The van der Waals surface area contributed by atoms with E-state index in [4.69, 9.17) is 4.74 Å². The van der Waals surface area contributed by atoms with Gasteiger partial charge in [-0.25, -0.2) is 9.78 Å². The van der Waals surface area contributed by atoms with Crippen LogP contribution in [0, 0.1) is 0 Å². The van der Waals surface area contributed by atoms with Crippen LogP contribution >= 0.6 is 0 Å². The quantitative estimate of drug-likeness (QED) is 0.872. The molecule has 2 N–H and O–H groups in total. The Bertz CT molecular complexity index is 410. The van der Waals surface area contributed by atoms with Crippen molar-refractivity contribution >= 4 is 17.6 Å². The molecule has 5 heteroatoms. The summed E-state index contributed by atoms with van der Waals surface area (Å²) in [5.74, 6) is 0.795. The molecule has 1 aromatic heterocycles. The first kappa shape index (κ1) is 15.3. The Morgan fingerprint density at radius 3 is 2.58 bits per heavy atom. The summed E-state index contributed by atoms with van der Waals surface area (Å²) in [5, 5.41) is 5.90. The second-order valence-corrected chi connectivity index (χ2v) is 5.51. The number of carbonyl (C=O) groups excluding carboxylic acids is 1. The van der Waals surface area contributed by atoms with Crippen LogP contribution in [0.4, 0.5) is 16.3 Å². The molecule has 1 unspecified atom stereocenters. The van der Waals surface area contributed by atoms with Crippen LogP contribution < -0.4 is 10.6 Å².